The Balaban J connectivity index is 2.52. The molecule has 1 heterocycles. The molecule has 0 saturated carbocycles. The summed E-state index contributed by atoms with van der Waals surface area (Å²) in [6.07, 6.45) is 3.23. The molecule has 2 aromatic rings. The maximum Gasteiger partial charge on any atom is 0.116 e. The van der Waals surface area contributed by atoms with Crippen LogP contribution in [0.2, 0.25) is 5.02 Å². The van der Waals surface area contributed by atoms with Gasteiger partial charge < -0.3 is 4.74 Å². The summed E-state index contributed by atoms with van der Waals surface area (Å²) < 4.78 is 5.14. The van der Waals surface area contributed by atoms with Crippen LogP contribution in [0.4, 0.5) is 0 Å². The minimum atomic E-state index is 0.471. The molecule has 0 bridgehead atoms. The van der Waals surface area contributed by atoms with Gasteiger partial charge in [0.25, 0.3) is 0 Å². The number of ether oxygens (including phenoxy) is 1. The first-order valence-corrected chi connectivity index (χ1v) is 5.23. The number of nitrogens with zero attached hydrogens (tertiary/aromatic N) is 2. The van der Waals surface area contributed by atoms with Crippen molar-refractivity contribution >= 4 is 11.6 Å². The van der Waals surface area contributed by atoms with Gasteiger partial charge in [-0.25, -0.2) is 9.97 Å². The van der Waals surface area contributed by atoms with Crippen molar-refractivity contribution in [2.45, 2.75) is 6.61 Å². The molecule has 0 radical (unpaired) electrons. The lowest BCUT2D eigenvalue weighted by atomic mass is 10.0. The zero-order valence-electron chi connectivity index (χ0n) is 8.85. The summed E-state index contributed by atoms with van der Waals surface area (Å²) in [7, 11) is 1.65. The average molecular weight is 235 g/mol. The van der Waals surface area contributed by atoms with E-state index in [1.165, 1.54) is 6.33 Å². The molecule has 0 atom stereocenters. The SMILES string of the molecule is COCc1c(Cl)cccc1-c1ccncn1. The van der Waals surface area contributed by atoms with Crippen molar-refractivity contribution in [1.29, 1.82) is 0 Å². The molecule has 0 aliphatic carbocycles. The van der Waals surface area contributed by atoms with Gasteiger partial charge in [-0.2, -0.15) is 0 Å². The van der Waals surface area contributed by atoms with Crippen molar-refractivity contribution in [1.82, 2.24) is 9.97 Å². The highest BCUT2D eigenvalue weighted by Crippen LogP contribution is 2.27. The fourth-order valence-corrected chi connectivity index (χ4v) is 1.77. The van der Waals surface area contributed by atoms with Crippen molar-refractivity contribution in [2.75, 3.05) is 7.11 Å². The van der Waals surface area contributed by atoms with E-state index in [4.69, 9.17) is 16.3 Å². The van der Waals surface area contributed by atoms with Crippen molar-refractivity contribution < 1.29 is 4.74 Å². The molecular weight excluding hydrogens is 224 g/mol. The predicted molar refractivity (Wildman–Crippen MR) is 63.2 cm³/mol. The number of methoxy groups -OCH3 is 1. The highest BCUT2D eigenvalue weighted by Gasteiger charge is 2.09. The summed E-state index contributed by atoms with van der Waals surface area (Å²) in [5, 5.41) is 0.693. The largest absolute Gasteiger partial charge is 0.380 e. The molecule has 2 rings (SSSR count). The molecule has 0 aliphatic heterocycles. The van der Waals surface area contributed by atoms with E-state index in [1.54, 1.807) is 13.3 Å². The van der Waals surface area contributed by atoms with Gasteiger partial charge in [0.05, 0.1) is 12.3 Å². The number of benzene rings is 1. The zero-order chi connectivity index (χ0) is 11.4. The molecule has 0 spiro atoms. The van der Waals surface area contributed by atoms with Crippen LogP contribution in [0.25, 0.3) is 11.3 Å². The molecule has 82 valence electrons. The van der Waals surface area contributed by atoms with Crippen molar-refractivity contribution in [3.63, 3.8) is 0 Å². The van der Waals surface area contributed by atoms with Gasteiger partial charge in [0.15, 0.2) is 0 Å². The molecule has 0 amide bonds. The first kappa shape index (κ1) is 11.0. The van der Waals surface area contributed by atoms with E-state index in [2.05, 4.69) is 9.97 Å². The highest BCUT2D eigenvalue weighted by atomic mass is 35.5. The summed E-state index contributed by atoms with van der Waals surface area (Å²) in [5.74, 6) is 0. The van der Waals surface area contributed by atoms with Crippen LogP contribution < -0.4 is 0 Å². The number of aromatic nitrogens is 2. The number of hydrogen-bond acceptors (Lipinski definition) is 3. The smallest absolute Gasteiger partial charge is 0.116 e. The van der Waals surface area contributed by atoms with Crippen molar-refractivity contribution in [3.05, 3.63) is 47.4 Å². The Bertz CT molecular complexity index is 474. The van der Waals surface area contributed by atoms with Crippen LogP contribution in [-0.2, 0) is 11.3 Å². The second-order valence-corrected chi connectivity index (χ2v) is 3.70. The van der Waals surface area contributed by atoms with E-state index < -0.39 is 0 Å². The summed E-state index contributed by atoms with van der Waals surface area (Å²) in [6.45, 7) is 0.471. The van der Waals surface area contributed by atoms with Gasteiger partial charge in [-0.3, -0.25) is 0 Å². The molecule has 1 aromatic carbocycles. The first-order valence-electron chi connectivity index (χ1n) is 4.85. The predicted octanol–water partition coefficient (Wildman–Crippen LogP) is 2.94. The molecule has 0 saturated heterocycles. The third-order valence-corrected chi connectivity index (χ3v) is 2.62. The van der Waals surface area contributed by atoms with Gasteiger partial charge in [-0.1, -0.05) is 23.7 Å². The van der Waals surface area contributed by atoms with Gasteiger partial charge >= 0.3 is 0 Å². The van der Waals surface area contributed by atoms with E-state index in [0.717, 1.165) is 16.8 Å². The topological polar surface area (TPSA) is 35.0 Å². The lowest BCUT2D eigenvalue weighted by Crippen LogP contribution is -1.95. The normalized spacial score (nSPS) is 10.4. The highest BCUT2D eigenvalue weighted by molar-refractivity contribution is 6.31. The summed E-state index contributed by atoms with van der Waals surface area (Å²) >= 11 is 6.13. The summed E-state index contributed by atoms with van der Waals surface area (Å²) in [6, 6.07) is 7.58. The van der Waals surface area contributed by atoms with Crippen LogP contribution >= 0.6 is 11.6 Å². The maximum atomic E-state index is 6.13. The maximum absolute atomic E-state index is 6.13. The van der Waals surface area contributed by atoms with E-state index in [0.29, 0.717) is 11.6 Å². The summed E-state index contributed by atoms with van der Waals surface area (Å²) in [4.78, 5) is 8.10. The van der Waals surface area contributed by atoms with Crippen molar-refractivity contribution in [3.8, 4) is 11.3 Å². The van der Waals surface area contributed by atoms with E-state index in [-0.39, 0.29) is 0 Å². The molecule has 3 nitrogen and oxygen atoms in total. The lowest BCUT2D eigenvalue weighted by Gasteiger charge is -2.09. The minimum absolute atomic E-state index is 0.471. The Kier molecular flexibility index (Phi) is 3.49. The van der Waals surface area contributed by atoms with Crippen LogP contribution in [0.3, 0.4) is 0 Å². The van der Waals surface area contributed by atoms with Gasteiger partial charge in [0, 0.05) is 29.5 Å². The van der Waals surface area contributed by atoms with Gasteiger partial charge in [-0.05, 0) is 12.1 Å². The number of halogens is 1. The number of rotatable bonds is 3. The second kappa shape index (κ2) is 5.05. The van der Waals surface area contributed by atoms with Gasteiger partial charge in [0.1, 0.15) is 6.33 Å². The van der Waals surface area contributed by atoms with Crippen LogP contribution in [0.5, 0.6) is 0 Å². The monoisotopic (exact) mass is 234 g/mol. The fraction of sp³-hybridized carbons (Fsp3) is 0.167. The quantitative estimate of drug-likeness (QED) is 0.819. The van der Waals surface area contributed by atoms with Crippen LogP contribution in [-0.4, -0.2) is 17.1 Å². The van der Waals surface area contributed by atoms with E-state index in [1.807, 2.05) is 24.3 Å². The molecule has 0 fully saturated rings. The average Bonchev–Trinajstić information content (AvgIpc) is 2.33. The van der Waals surface area contributed by atoms with E-state index >= 15 is 0 Å². The molecule has 0 unspecified atom stereocenters. The standard InChI is InChI=1S/C12H11ClN2O/c1-16-7-10-9(3-2-4-11(10)13)12-5-6-14-8-15-12/h2-6,8H,7H2,1H3. The third-order valence-electron chi connectivity index (χ3n) is 2.27. The van der Waals surface area contributed by atoms with Crippen molar-refractivity contribution in [2.24, 2.45) is 0 Å². The van der Waals surface area contributed by atoms with Gasteiger partial charge in [-0.15, -0.1) is 0 Å². The van der Waals surface area contributed by atoms with Crippen LogP contribution in [0, 0.1) is 0 Å². The Morgan fingerprint density at radius 3 is 2.88 bits per heavy atom. The Hall–Kier alpha value is -1.45. The molecule has 0 N–H and O–H groups in total. The third kappa shape index (κ3) is 2.21. The number of hydrogen-bond donors (Lipinski definition) is 0. The molecule has 16 heavy (non-hydrogen) atoms. The van der Waals surface area contributed by atoms with Crippen LogP contribution in [0.1, 0.15) is 5.56 Å². The zero-order valence-corrected chi connectivity index (χ0v) is 9.61. The first-order chi connectivity index (χ1) is 7.83. The molecule has 0 aliphatic rings. The molecule has 4 heteroatoms. The Morgan fingerprint density at radius 1 is 1.31 bits per heavy atom. The van der Waals surface area contributed by atoms with Gasteiger partial charge in [0.2, 0.25) is 0 Å². The Morgan fingerprint density at radius 2 is 2.19 bits per heavy atom. The molecule has 1 aromatic heterocycles. The summed E-state index contributed by atoms with van der Waals surface area (Å²) in [5.41, 5.74) is 2.78. The van der Waals surface area contributed by atoms with E-state index in [9.17, 15) is 0 Å². The lowest BCUT2D eigenvalue weighted by molar-refractivity contribution is 0.185. The minimum Gasteiger partial charge on any atom is -0.380 e. The second-order valence-electron chi connectivity index (χ2n) is 3.29. The van der Waals surface area contributed by atoms with Crippen LogP contribution in [0.15, 0.2) is 36.8 Å². The Labute approximate surface area is 99.1 Å². The molecular formula is C12H11ClN2O. The fourth-order valence-electron chi connectivity index (χ4n) is 1.54.